The highest BCUT2D eigenvalue weighted by Crippen LogP contribution is 2.55. The summed E-state index contributed by atoms with van der Waals surface area (Å²) in [5, 5.41) is 3.02. The molecule has 2 N–H and O–H groups in total. The Bertz CT molecular complexity index is 670. The molecule has 2 atom stereocenters. The van der Waals surface area contributed by atoms with Crippen molar-refractivity contribution in [3.63, 3.8) is 0 Å². The number of benzene rings is 1. The summed E-state index contributed by atoms with van der Waals surface area (Å²) in [6.45, 7) is 0. The maximum Gasteiger partial charge on any atom is 0.236 e. The molecule has 1 aromatic rings. The number of nitrogens with zero attached hydrogens (tertiary/aromatic N) is 2. The Balaban J connectivity index is 2.17. The van der Waals surface area contributed by atoms with Gasteiger partial charge in [0.15, 0.2) is 0 Å². The topological polar surface area (TPSA) is 102 Å². The van der Waals surface area contributed by atoms with E-state index < -0.39 is 25.9 Å². The van der Waals surface area contributed by atoms with Gasteiger partial charge in [-0.05, 0) is 25.0 Å². The first kappa shape index (κ1) is 13.6. The summed E-state index contributed by atoms with van der Waals surface area (Å²) in [6, 6.07) is 8.04. The van der Waals surface area contributed by atoms with E-state index in [0.717, 1.165) is 24.8 Å². The fourth-order valence-corrected chi connectivity index (χ4v) is 5.96. The number of carbonyl (C=O) groups is 1. The Morgan fingerprint density at radius 2 is 1.95 bits per heavy atom. The molecule has 20 heavy (non-hydrogen) atoms. The zero-order chi connectivity index (χ0) is 14.4. The molecule has 1 amide bonds. The van der Waals surface area contributed by atoms with E-state index in [4.69, 9.17) is 5.73 Å². The summed E-state index contributed by atoms with van der Waals surface area (Å²) in [5.41, 5.74) is 5.37. The molecule has 1 heterocycles. The highest BCUT2D eigenvalue weighted by atomic mass is 32.2. The van der Waals surface area contributed by atoms with Gasteiger partial charge in [0.1, 0.15) is 5.25 Å². The van der Waals surface area contributed by atoms with Crippen LogP contribution in [0.5, 0.6) is 0 Å². The van der Waals surface area contributed by atoms with E-state index in [1.807, 2.05) is 0 Å². The van der Waals surface area contributed by atoms with Crippen LogP contribution in [0.2, 0.25) is 0 Å². The van der Waals surface area contributed by atoms with Crippen molar-refractivity contribution in [3.8, 4) is 0 Å². The molecule has 0 radical (unpaired) electrons. The van der Waals surface area contributed by atoms with Crippen molar-refractivity contribution >= 4 is 27.7 Å². The molecule has 1 aliphatic heterocycles. The Kier molecular flexibility index (Phi) is 3.09. The third-order valence-electron chi connectivity index (χ3n) is 3.63. The molecule has 8 heteroatoms. The van der Waals surface area contributed by atoms with Gasteiger partial charge in [-0.1, -0.05) is 18.2 Å². The molecule has 1 aromatic carbocycles. The van der Waals surface area contributed by atoms with Crippen LogP contribution in [0, 0.1) is 5.92 Å². The van der Waals surface area contributed by atoms with E-state index >= 15 is 0 Å². The maximum absolute atomic E-state index is 13.0. The first-order valence-electron chi connectivity index (χ1n) is 6.17. The second kappa shape index (κ2) is 4.56. The number of hydrogen-bond donors (Lipinski definition) is 1. The molecular formula is C12H13N3O3S2. The molecule has 2 unspecified atom stereocenters. The largest absolute Gasteiger partial charge is 0.369 e. The number of amides is 1. The van der Waals surface area contributed by atoms with Crippen molar-refractivity contribution in [2.24, 2.45) is 21.3 Å². The normalized spacial score (nSPS) is 29.5. The van der Waals surface area contributed by atoms with Crippen LogP contribution in [-0.4, -0.2) is 24.4 Å². The molecule has 106 valence electrons. The number of carbonyl (C=O) groups excluding carboxylic acids is 1. The van der Waals surface area contributed by atoms with Gasteiger partial charge in [-0.25, -0.2) is 8.42 Å². The molecular weight excluding hydrogens is 298 g/mol. The standard InChI is InChI=1S/C12H13N3O3S2/c13-11(16)10-12(8-6-7-8,14-15-19-10)20(17,18)9-4-2-1-3-5-9/h1-5,8,10H,6-7H2,(H2,13,16). The van der Waals surface area contributed by atoms with Gasteiger partial charge in [0.2, 0.25) is 20.6 Å². The van der Waals surface area contributed by atoms with Gasteiger partial charge in [-0.15, -0.1) is 4.52 Å². The quantitative estimate of drug-likeness (QED) is 0.852. The SMILES string of the molecule is NC(=O)C1SN=NC1(C1CC1)S(=O)(=O)c1ccccc1. The lowest BCUT2D eigenvalue weighted by Gasteiger charge is -2.28. The minimum absolute atomic E-state index is 0.152. The monoisotopic (exact) mass is 311 g/mol. The summed E-state index contributed by atoms with van der Waals surface area (Å²) in [6.07, 6.45) is 1.44. The van der Waals surface area contributed by atoms with Crippen molar-refractivity contribution < 1.29 is 13.2 Å². The fourth-order valence-electron chi connectivity index (χ4n) is 2.51. The predicted octanol–water partition coefficient (Wildman–Crippen LogP) is 1.53. The summed E-state index contributed by atoms with van der Waals surface area (Å²) < 4.78 is 29.7. The number of hydrogen-bond acceptors (Lipinski definition) is 6. The lowest BCUT2D eigenvalue weighted by molar-refractivity contribution is -0.118. The molecule has 2 aliphatic rings. The molecule has 0 saturated heterocycles. The van der Waals surface area contributed by atoms with Crippen LogP contribution >= 0.6 is 11.9 Å². The maximum atomic E-state index is 13.0. The van der Waals surface area contributed by atoms with E-state index in [9.17, 15) is 13.2 Å². The van der Waals surface area contributed by atoms with Crippen molar-refractivity contribution in [1.82, 2.24) is 0 Å². The number of rotatable bonds is 4. The van der Waals surface area contributed by atoms with Gasteiger partial charge >= 0.3 is 0 Å². The van der Waals surface area contributed by atoms with Crippen molar-refractivity contribution in [2.75, 3.05) is 0 Å². The third-order valence-corrected chi connectivity index (χ3v) is 7.16. The highest BCUT2D eigenvalue weighted by Gasteiger charge is 2.65. The average Bonchev–Trinajstić information content (AvgIpc) is 3.18. The van der Waals surface area contributed by atoms with Crippen LogP contribution in [0.1, 0.15) is 12.8 Å². The van der Waals surface area contributed by atoms with Crippen LogP contribution in [0.4, 0.5) is 0 Å². The minimum atomic E-state index is -3.81. The Labute approximate surface area is 120 Å². The van der Waals surface area contributed by atoms with Crippen LogP contribution in [0.3, 0.4) is 0 Å². The molecule has 3 rings (SSSR count). The van der Waals surface area contributed by atoms with Crippen LogP contribution < -0.4 is 5.73 Å². The number of sulfone groups is 1. The Hall–Kier alpha value is -1.41. The Morgan fingerprint density at radius 3 is 2.50 bits per heavy atom. The molecule has 0 spiro atoms. The zero-order valence-corrected chi connectivity index (χ0v) is 12.1. The van der Waals surface area contributed by atoms with Gasteiger partial charge < -0.3 is 5.73 Å². The molecule has 1 fully saturated rings. The third kappa shape index (κ3) is 1.78. The second-order valence-electron chi connectivity index (χ2n) is 4.91. The van der Waals surface area contributed by atoms with Gasteiger partial charge in [-0.3, -0.25) is 4.79 Å². The van der Waals surface area contributed by atoms with Crippen LogP contribution in [0.25, 0.3) is 0 Å². The van der Waals surface area contributed by atoms with Crippen molar-refractivity contribution in [3.05, 3.63) is 30.3 Å². The van der Waals surface area contributed by atoms with Gasteiger partial charge in [0.05, 0.1) is 4.90 Å². The molecule has 6 nitrogen and oxygen atoms in total. The molecule has 1 saturated carbocycles. The zero-order valence-electron chi connectivity index (χ0n) is 10.5. The molecule has 1 aliphatic carbocycles. The molecule has 0 aromatic heterocycles. The van der Waals surface area contributed by atoms with E-state index in [0.29, 0.717) is 0 Å². The number of nitrogens with two attached hydrogens (primary N) is 1. The first-order valence-corrected chi connectivity index (χ1v) is 8.49. The van der Waals surface area contributed by atoms with Crippen LogP contribution in [0.15, 0.2) is 44.9 Å². The lowest BCUT2D eigenvalue weighted by atomic mass is 10.1. The van der Waals surface area contributed by atoms with Crippen molar-refractivity contribution in [2.45, 2.75) is 27.9 Å². The lowest BCUT2D eigenvalue weighted by Crippen LogP contribution is -2.51. The van der Waals surface area contributed by atoms with E-state index in [1.165, 1.54) is 12.1 Å². The van der Waals surface area contributed by atoms with Gasteiger partial charge in [-0.2, -0.15) is 5.11 Å². The number of primary amides is 1. The smallest absolute Gasteiger partial charge is 0.236 e. The van der Waals surface area contributed by atoms with Crippen LogP contribution in [-0.2, 0) is 14.6 Å². The fraction of sp³-hybridized carbons (Fsp3) is 0.417. The summed E-state index contributed by atoms with van der Waals surface area (Å²) in [4.78, 5) is 10.3. The second-order valence-corrected chi connectivity index (χ2v) is 7.89. The predicted molar refractivity (Wildman–Crippen MR) is 74.5 cm³/mol. The van der Waals surface area contributed by atoms with E-state index in [2.05, 4.69) is 9.63 Å². The van der Waals surface area contributed by atoms with E-state index in [-0.39, 0.29) is 10.8 Å². The summed E-state index contributed by atoms with van der Waals surface area (Å²) in [7, 11) is -3.81. The van der Waals surface area contributed by atoms with E-state index in [1.54, 1.807) is 18.2 Å². The molecule has 0 bridgehead atoms. The summed E-state index contributed by atoms with van der Waals surface area (Å²) in [5.74, 6) is -0.879. The average molecular weight is 311 g/mol. The summed E-state index contributed by atoms with van der Waals surface area (Å²) >= 11 is 0.852. The highest BCUT2D eigenvalue weighted by molar-refractivity contribution is 8.01. The minimum Gasteiger partial charge on any atom is -0.369 e. The van der Waals surface area contributed by atoms with Gasteiger partial charge in [0, 0.05) is 17.9 Å². The van der Waals surface area contributed by atoms with Gasteiger partial charge in [0.25, 0.3) is 0 Å². The van der Waals surface area contributed by atoms with Crippen molar-refractivity contribution in [1.29, 1.82) is 0 Å². The Morgan fingerprint density at radius 1 is 1.30 bits per heavy atom. The first-order chi connectivity index (χ1) is 9.50.